The van der Waals surface area contributed by atoms with E-state index in [0.29, 0.717) is 17.1 Å². The van der Waals surface area contributed by atoms with Gasteiger partial charge in [0.25, 0.3) is 0 Å². The molecule has 2 aromatic rings. The van der Waals surface area contributed by atoms with Gasteiger partial charge in [0, 0.05) is 11.6 Å². The summed E-state index contributed by atoms with van der Waals surface area (Å²) in [6.45, 7) is 0. The number of nitrogens with one attached hydrogen (secondary N) is 1. The molecule has 6 heteroatoms. The third kappa shape index (κ3) is 4.06. The molecule has 0 fully saturated rings. The second-order valence-corrected chi connectivity index (χ2v) is 4.53. The Morgan fingerprint density at radius 2 is 1.78 bits per heavy atom. The van der Waals surface area contributed by atoms with Crippen LogP contribution in [0, 0.1) is 11.6 Å². The van der Waals surface area contributed by atoms with E-state index in [1.165, 1.54) is 26.4 Å². The van der Waals surface area contributed by atoms with Gasteiger partial charge in [-0.1, -0.05) is 6.07 Å². The highest BCUT2D eigenvalue weighted by molar-refractivity contribution is 6.02. The summed E-state index contributed by atoms with van der Waals surface area (Å²) in [6.07, 6.45) is 2.62. The molecule has 0 spiro atoms. The average molecular weight is 319 g/mol. The minimum atomic E-state index is -0.842. The Hall–Kier alpha value is -2.89. The van der Waals surface area contributed by atoms with Gasteiger partial charge in [-0.15, -0.1) is 0 Å². The number of hydrogen-bond donors (Lipinski definition) is 1. The normalized spacial score (nSPS) is 10.6. The molecule has 120 valence electrons. The first-order chi connectivity index (χ1) is 11.0. The number of methoxy groups -OCH3 is 2. The molecule has 2 rings (SSSR count). The number of rotatable bonds is 5. The van der Waals surface area contributed by atoms with Crippen molar-refractivity contribution in [3.8, 4) is 11.5 Å². The lowest BCUT2D eigenvalue weighted by Gasteiger charge is -2.07. The van der Waals surface area contributed by atoms with Gasteiger partial charge in [0.05, 0.1) is 14.2 Å². The van der Waals surface area contributed by atoms with Crippen LogP contribution >= 0.6 is 0 Å². The van der Waals surface area contributed by atoms with Crippen LogP contribution in [0.1, 0.15) is 5.56 Å². The third-order valence-corrected chi connectivity index (χ3v) is 3.06. The molecule has 1 amide bonds. The van der Waals surface area contributed by atoms with Crippen LogP contribution in [0.3, 0.4) is 0 Å². The van der Waals surface area contributed by atoms with Gasteiger partial charge in [0.2, 0.25) is 5.91 Å². The molecule has 0 unspecified atom stereocenters. The van der Waals surface area contributed by atoms with Gasteiger partial charge in [0.1, 0.15) is 28.8 Å². The molecule has 0 aliphatic heterocycles. The van der Waals surface area contributed by atoms with E-state index in [1.807, 2.05) is 0 Å². The fourth-order valence-electron chi connectivity index (χ4n) is 1.92. The topological polar surface area (TPSA) is 47.6 Å². The van der Waals surface area contributed by atoms with Gasteiger partial charge < -0.3 is 14.8 Å². The number of ether oxygens (including phenoxy) is 2. The molecule has 0 atom stereocenters. The van der Waals surface area contributed by atoms with Crippen LogP contribution in [-0.2, 0) is 4.79 Å². The summed E-state index contributed by atoms with van der Waals surface area (Å²) in [5.41, 5.74) is 0.107. The van der Waals surface area contributed by atoms with Crippen LogP contribution in [0.25, 0.3) is 6.08 Å². The number of amides is 1. The number of para-hydroxylation sites is 1. The Kier molecular flexibility index (Phi) is 5.30. The van der Waals surface area contributed by atoms with Crippen LogP contribution in [0.2, 0.25) is 0 Å². The number of benzene rings is 2. The molecule has 2 aromatic carbocycles. The van der Waals surface area contributed by atoms with Crippen molar-refractivity contribution in [3.63, 3.8) is 0 Å². The van der Waals surface area contributed by atoms with Gasteiger partial charge in [-0.3, -0.25) is 4.79 Å². The van der Waals surface area contributed by atoms with Crippen molar-refractivity contribution in [2.75, 3.05) is 19.5 Å². The second-order valence-electron chi connectivity index (χ2n) is 4.53. The largest absolute Gasteiger partial charge is 0.497 e. The summed E-state index contributed by atoms with van der Waals surface area (Å²) in [5.74, 6) is -1.23. The number of halogens is 2. The molecule has 0 saturated carbocycles. The maximum absolute atomic E-state index is 13.5. The van der Waals surface area contributed by atoms with Crippen molar-refractivity contribution in [3.05, 3.63) is 59.7 Å². The van der Waals surface area contributed by atoms with Gasteiger partial charge >= 0.3 is 0 Å². The zero-order chi connectivity index (χ0) is 16.8. The van der Waals surface area contributed by atoms with Gasteiger partial charge in [0.15, 0.2) is 0 Å². The first-order valence-corrected chi connectivity index (χ1v) is 6.70. The predicted octanol–water partition coefficient (Wildman–Crippen LogP) is 3.63. The van der Waals surface area contributed by atoms with E-state index in [1.54, 1.807) is 18.2 Å². The van der Waals surface area contributed by atoms with Crippen LogP contribution < -0.4 is 14.8 Å². The fraction of sp³-hybridized carbons (Fsp3) is 0.118. The third-order valence-electron chi connectivity index (χ3n) is 3.06. The first-order valence-electron chi connectivity index (χ1n) is 6.70. The van der Waals surface area contributed by atoms with Crippen molar-refractivity contribution in [2.24, 2.45) is 0 Å². The molecule has 0 heterocycles. The Morgan fingerprint density at radius 3 is 2.39 bits per heavy atom. The lowest BCUT2D eigenvalue weighted by Crippen LogP contribution is -2.10. The number of hydrogen-bond acceptors (Lipinski definition) is 3. The Balaban J connectivity index is 2.18. The van der Waals surface area contributed by atoms with Gasteiger partial charge in [-0.05, 0) is 36.4 Å². The van der Waals surface area contributed by atoms with Crippen LogP contribution in [-0.4, -0.2) is 20.1 Å². The van der Waals surface area contributed by atoms with Gasteiger partial charge in [-0.25, -0.2) is 8.78 Å². The number of carbonyl (C=O) groups excluding carboxylic acids is 1. The Bertz CT molecular complexity index is 724. The highest BCUT2D eigenvalue weighted by Gasteiger charge is 2.10. The van der Waals surface area contributed by atoms with E-state index in [0.717, 1.165) is 18.2 Å². The Labute approximate surface area is 132 Å². The molecule has 0 aliphatic rings. The monoisotopic (exact) mass is 319 g/mol. The molecule has 23 heavy (non-hydrogen) atoms. The molecular weight excluding hydrogens is 304 g/mol. The summed E-state index contributed by atoms with van der Waals surface area (Å²) >= 11 is 0. The van der Waals surface area contributed by atoms with E-state index in [2.05, 4.69) is 5.32 Å². The molecule has 0 aromatic heterocycles. The van der Waals surface area contributed by atoms with Crippen molar-refractivity contribution >= 4 is 17.7 Å². The quantitative estimate of drug-likeness (QED) is 0.856. The van der Waals surface area contributed by atoms with Crippen LogP contribution in [0.5, 0.6) is 11.5 Å². The van der Waals surface area contributed by atoms with Crippen molar-refractivity contribution < 1.29 is 23.0 Å². The Morgan fingerprint density at radius 1 is 1.09 bits per heavy atom. The maximum Gasteiger partial charge on any atom is 0.248 e. The van der Waals surface area contributed by atoms with E-state index < -0.39 is 23.2 Å². The highest BCUT2D eigenvalue weighted by atomic mass is 19.1. The van der Waals surface area contributed by atoms with E-state index in [-0.39, 0.29) is 0 Å². The van der Waals surface area contributed by atoms with E-state index in [9.17, 15) is 13.6 Å². The summed E-state index contributed by atoms with van der Waals surface area (Å²) in [6, 6.07) is 8.42. The van der Waals surface area contributed by atoms with Crippen LogP contribution in [0.15, 0.2) is 42.5 Å². The minimum absolute atomic E-state index is 0.486. The van der Waals surface area contributed by atoms with Crippen molar-refractivity contribution in [1.82, 2.24) is 0 Å². The molecule has 0 aliphatic carbocycles. The zero-order valence-corrected chi connectivity index (χ0v) is 12.6. The first kappa shape index (κ1) is 16.5. The fourth-order valence-corrected chi connectivity index (χ4v) is 1.92. The SMILES string of the molecule is COc1ccc(OC)c(/C=C/C(=O)Nc2c(F)cccc2F)c1. The smallest absolute Gasteiger partial charge is 0.248 e. The molecule has 0 bridgehead atoms. The standard InChI is InChI=1S/C17H15F2NO3/c1-22-12-7-8-15(23-2)11(10-12)6-9-16(21)20-17-13(18)4-3-5-14(17)19/h3-10H,1-2H3,(H,20,21)/b9-6+. The summed E-state index contributed by atoms with van der Waals surface area (Å²) in [5, 5.41) is 2.17. The predicted molar refractivity (Wildman–Crippen MR) is 83.6 cm³/mol. The lowest BCUT2D eigenvalue weighted by molar-refractivity contribution is -0.111. The molecule has 0 saturated heterocycles. The average Bonchev–Trinajstić information content (AvgIpc) is 2.56. The minimum Gasteiger partial charge on any atom is -0.497 e. The molecule has 4 nitrogen and oxygen atoms in total. The maximum atomic E-state index is 13.5. The van der Waals surface area contributed by atoms with Crippen molar-refractivity contribution in [2.45, 2.75) is 0 Å². The van der Waals surface area contributed by atoms with Gasteiger partial charge in [-0.2, -0.15) is 0 Å². The number of anilines is 1. The highest BCUT2D eigenvalue weighted by Crippen LogP contribution is 2.25. The summed E-state index contributed by atoms with van der Waals surface area (Å²) in [4.78, 5) is 11.8. The second kappa shape index (κ2) is 7.40. The van der Waals surface area contributed by atoms with Crippen LogP contribution in [0.4, 0.5) is 14.5 Å². The molecule has 0 radical (unpaired) electrons. The van der Waals surface area contributed by atoms with Crippen molar-refractivity contribution in [1.29, 1.82) is 0 Å². The van der Waals surface area contributed by atoms with E-state index >= 15 is 0 Å². The number of carbonyl (C=O) groups is 1. The van der Waals surface area contributed by atoms with E-state index in [4.69, 9.17) is 9.47 Å². The summed E-state index contributed by atoms with van der Waals surface area (Å²) in [7, 11) is 3.01. The zero-order valence-electron chi connectivity index (χ0n) is 12.6. The molecular formula is C17H15F2NO3. The molecule has 1 N–H and O–H groups in total. The lowest BCUT2D eigenvalue weighted by atomic mass is 10.1. The summed E-state index contributed by atoms with van der Waals surface area (Å²) < 4.78 is 37.2.